The van der Waals surface area contributed by atoms with Crippen LogP contribution in [-0.4, -0.2) is 27.4 Å². The van der Waals surface area contributed by atoms with Crippen molar-refractivity contribution in [3.63, 3.8) is 0 Å². The minimum Gasteiger partial charge on any atom is -0.272 e. The van der Waals surface area contributed by atoms with Crippen LogP contribution in [0.3, 0.4) is 0 Å². The number of hydrazone groups is 1. The van der Waals surface area contributed by atoms with Gasteiger partial charge in [0, 0.05) is 4.47 Å². The Labute approximate surface area is 197 Å². The number of hydrogen-bond acceptors (Lipinski definition) is 5. The van der Waals surface area contributed by atoms with Crippen molar-refractivity contribution in [1.82, 2.24) is 15.0 Å². The topological polar surface area (TPSA) is 76.3 Å². The Morgan fingerprint density at radius 2 is 1.81 bits per heavy atom. The second kappa shape index (κ2) is 9.93. The van der Waals surface area contributed by atoms with Crippen LogP contribution in [0, 0.1) is 6.92 Å². The van der Waals surface area contributed by atoms with Crippen LogP contribution in [0.2, 0.25) is 0 Å². The maximum atomic E-state index is 13.2. The molecule has 0 aliphatic heterocycles. The van der Waals surface area contributed by atoms with Gasteiger partial charge in [-0.25, -0.2) is 10.4 Å². The highest BCUT2D eigenvalue weighted by Crippen LogP contribution is 2.21. The Hall–Kier alpha value is -3.23. The van der Waals surface area contributed by atoms with Crippen molar-refractivity contribution in [3.05, 3.63) is 98.7 Å². The highest BCUT2D eigenvalue weighted by molar-refractivity contribution is 9.10. The number of fused-ring (bicyclic) bond motifs is 1. The Balaban J connectivity index is 1.56. The van der Waals surface area contributed by atoms with Gasteiger partial charge in [0.05, 0.1) is 28.6 Å². The van der Waals surface area contributed by atoms with Crippen LogP contribution in [0.4, 0.5) is 0 Å². The number of carbonyl (C=O) groups is 1. The minimum atomic E-state index is -0.291. The quantitative estimate of drug-likeness (QED) is 0.178. The van der Waals surface area contributed by atoms with Gasteiger partial charge in [0.1, 0.15) is 0 Å². The predicted molar refractivity (Wildman–Crippen MR) is 133 cm³/mol. The molecule has 0 bridgehead atoms. The van der Waals surface area contributed by atoms with Crippen LogP contribution in [0.25, 0.3) is 16.6 Å². The largest absolute Gasteiger partial charge is 0.272 e. The molecule has 8 heteroatoms. The van der Waals surface area contributed by atoms with Gasteiger partial charge in [-0.1, -0.05) is 69.7 Å². The summed E-state index contributed by atoms with van der Waals surface area (Å²) < 4.78 is 2.52. The standard InChI is InChI=1S/C24H19BrN4O2S/c1-16-6-12-19(13-7-16)29-23(31)20-4-2-3-5-21(20)27-24(29)32-15-22(30)28-26-14-17-8-10-18(25)11-9-17/h2-14H,15H2,1H3,(H,28,30)/b26-14+. The van der Waals surface area contributed by atoms with Gasteiger partial charge in [0.15, 0.2) is 5.16 Å². The van der Waals surface area contributed by atoms with E-state index in [2.05, 4.69) is 31.4 Å². The fourth-order valence-electron chi connectivity index (χ4n) is 3.02. The molecule has 3 aromatic carbocycles. The van der Waals surface area contributed by atoms with E-state index in [1.54, 1.807) is 22.9 Å². The molecule has 1 aromatic heterocycles. The molecule has 0 radical (unpaired) electrons. The molecule has 0 aliphatic carbocycles. The van der Waals surface area contributed by atoms with Gasteiger partial charge < -0.3 is 0 Å². The summed E-state index contributed by atoms with van der Waals surface area (Å²) in [4.78, 5) is 30.2. The Kier molecular flexibility index (Phi) is 6.82. The van der Waals surface area contributed by atoms with E-state index >= 15 is 0 Å². The van der Waals surface area contributed by atoms with E-state index in [9.17, 15) is 9.59 Å². The number of nitrogens with one attached hydrogen (secondary N) is 1. The fraction of sp³-hybridized carbons (Fsp3) is 0.0833. The van der Waals surface area contributed by atoms with Crippen molar-refractivity contribution in [2.45, 2.75) is 12.1 Å². The summed E-state index contributed by atoms with van der Waals surface area (Å²) in [5, 5.41) is 4.98. The first-order chi connectivity index (χ1) is 15.5. The number of thioether (sulfide) groups is 1. The molecule has 0 fully saturated rings. The van der Waals surface area contributed by atoms with E-state index in [-0.39, 0.29) is 17.2 Å². The van der Waals surface area contributed by atoms with Gasteiger partial charge >= 0.3 is 0 Å². The summed E-state index contributed by atoms with van der Waals surface area (Å²) in [5.74, 6) is -0.227. The van der Waals surface area contributed by atoms with Crippen molar-refractivity contribution < 1.29 is 4.79 Å². The molecule has 160 valence electrons. The second-order valence-corrected chi connectivity index (χ2v) is 8.88. The number of halogens is 1. The predicted octanol–water partition coefficient (Wildman–Crippen LogP) is 4.70. The van der Waals surface area contributed by atoms with Crippen LogP contribution in [-0.2, 0) is 4.79 Å². The zero-order chi connectivity index (χ0) is 22.5. The van der Waals surface area contributed by atoms with Gasteiger partial charge in [0.2, 0.25) is 0 Å². The van der Waals surface area contributed by atoms with Gasteiger partial charge in [0.25, 0.3) is 11.5 Å². The zero-order valence-corrected chi connectivity index (χ0v) is 19.6. The SMILES string of the molecule is Cc1ccc(-n2c(SCC(=O)N/N=C/c3ccc(Br)cc3)nc3ccccc3c2=O)cc1. The number of amides is 1. The molecule has 4 rings (SSSR count). The Bertz CT molecular complexity index is 1350. The average Bonchev–Trinajstić information content (AvgIpc) is 2.80. The number of aromatic nitrogens is 2. The third-order valence-corrected chi connectivity index (χ3v) is 6.11. The maximum Gasteiger partial charge on any atom is 0.266 e. The molecule has 0 atom stereocenters. The van der Waals surface area contributed by atoms with Crippen molar-refractivity contribution in [3.8, 4) is 5.69 Å². The number of rotatable bonds is 6. The molecule has 1 heterocycles. The molecule has 32 heavy (non-hydrogen) atoms. The molecule has 1 amide bonds. The van der Waals surface area contributed by atoms with E-state index in [0.717, 1.165) is 15.6 Å². The molecule has 6 nitrogen and oxygen atoms in total. The lowest BCUT2D eigenvalue weighted by Crippen LogP contribution is -2.24. The van der Waals surface area contributed by atoms with Crippen molar-refractivity contribution in [2.24, 2.45) is 5.10 Å². The number of hydrogen-bond donors (Lipinski definition) is 1. The average molecular weight is 507 g/mol. The summed E-state index contributed by atoms with van der Waals surface area (Å²) in [6.07, 6.45) is 1.57. The second-order valence-electron chi connectivity index (χ2n) is 7.02. The third kappa shape index (κ3) is 5.15. The van der Waals surface area contributed by atoms with E-state index < -0.39 is 0 Å². The number of benzene rings is 3. The van der Waals surface area contributed by atoms with Crippen LogP contribution >= 0.6 is 27.7 Å². The minimum absolute atomic E-state index is 0.0638. The molecule has 0 spiro atoms. The molecule has 1 N–H and O–H groups in total. The first kappa shape index (κ1) is 22.0. The molecule has 0 saturated heterocycles. The highest BCUT2D eigenvalue weighted by atomic mass is 79.9. The van der Waals surface area contributed by atoms with Gasteiger partial charge in [-0.15, -0.1) is 0 Å². The van der Waals surface area contributed by atoms with Crippen molar-refractivity contribution in [2.75, 3.05) is 5.75 Å². The number of aryl methyl sites for hydroxylation is 1. The fourth-order valence-corrected chi connectivity index (χ4v) is 4.09. The molecule has 0 unspecified atom stereocenters. The van der Waals surface area contributed by atoms with E-state index in [4.69, 9.17) is 0 Å². The highest BCUT2D eigenvalue weighted by Gasteiger charge is 2.14. The van der Waals surface area contributed by atoms with Crippen LogP contribution < -0.4 is 11.0 Å². The van der Waals surface area contributed by atoms with Crippen molar-refractivity contribution >= 4 is 50.7 Å². The first-order valence-corrected chi connectivity index (χ1v) is 11.6. The number of nitrogens with zero attached hydrogens (tertiary/aromatic N) is 3. The molecular formula is C24H19BrN4O2S. The lowest BCUT2D eigenvalue weighted by Gasteiger charge is -2.13. The third-order valence-electron chi connectivity index (χ3n) is 4.64. The van der Waals surface area contributed by atoms with Crippen LogP contribution in [0.5, 0.6) is 0 Å². The first-order valence-electron chi connectivity index (χ1n) is 9.80. The molecule has 0 saturated carbocycles. The number of para-hydroxylation sites is 1. The normalized spacial score (nSPS) is 11.2. The monoisotopic (exact) mass is 506 g/mol. The Morgan fingerprint density at radius 1 is 1.09 bits per heavy atom. The van der Waals surface area contributed by atoms with Gasteiger partial charge in [-0.3, -0.25) is 14.2 Å². The van der Waals surface area contributed by atoms with Gasteiger partial charge in [-0.2, -0.15) is 5.10 Å². The summed E-state index contributed by atoms with van der Waals surface area (Å²) in [5.41, 5.74) is 5.60. The van der Waals surface area contributed by atoms with Crippen LogP contribution in [0.15, 0.2) is 92.3 Å². The lowest BCUT2D eigenvalue weighted by atomic mass is 10.2. The molecule has 0 aliphatic rings. The van der Waals surface area contributed by atoms with E-state index in [1.165, 1.54) is 11.8 Å². The van der Waals surface area contributed by atoms with Gasteiger partial charge in [-0.05, 0) is 48.9 Å². The summed E-state index contributed by atoms with van der Waals surface area (Å²) in [6.45, 7) is 1.99. The lowest BCUT2D eigenvalue weighted by molar-refractivity contribution is -0.118. The maximum absolute atomic E-state index is 13.2. The summed E-state index contributed by atoms with van der Waals surface area (Å²) in [6, 6.07) is 22.4. The molecular weight excluding hydrogens is 488 g/mol. The molecule has 4 aromatic rings. The smallest absolute Gasteiger partial charge is 0.266 e. The Morgan fingerprint density at radius 3 is 2.56 bits per heavy atom. The van der Waals surface area contributed by atoms with E-state index in [1.807, 2.05) is 67.6 Å². The van der Waals surface area contributed by atoms with Crippen LogP contribution in [0.1, 0.15) is 11.1 Å². The van der Waals surface area contributed by atoms with Crippen molar-refractivity contribution in [1.29, 1.82) is 0 Å². The summed E-state index contributed by atoms with van der Waals surface area (Å²) in [7, 11) is 0. The van der Waals surface area contributed by atoms with E-state index in [0.29, 0.717) is 21.7 Å². The summed E-state index contributed by atoms with van der Waals surface area (Å²) >= 11 is 4.57. The number of carbonyl (C=O) groups excluding carboxylic acids is 1. The zero-order valence-electron chi connectivity index (χ0n) is 17.2.